The van der Waals surface area contributed by atoms with Crippen molar-refractivity contribution in [1.82, 2.24) is 9.62 Å². The molecule has 2 rings (SSSR count). The lowest BCUT2D eigenvalue weighted by Crippen LogP contribution is -2.38. The average molecular weight is 384 g/mol. The number of amides is 1. The second-order valence-electron chi connectivity index (χ2n) is 6.42. The third-order valence-electron chi connectivity index (χ3n) is 4.43. The Morgan fingerprint density at radius 1 is 1.23 bits per heavy atom. The van der Waals surface area contributed by atoms with Gasteiger partial charge in [-0.15, -0.1) is 0 Å². The van der Waals surface area contributed by atoms with Gasteiger partial charge in [-0.1, -0.05) is 12.8 Å². The SMILES string of the molecule is COc1ccc(S(=O)(=O)N(C)CC(=O)NCCCOC2CCCC2)cc1. The molecule has 0 spiro atoms. The number of methoxy groups -OCH3 is 1. The maximum atomic E-state index is 12.5. The Bertz CT molecular complexity index is 669. The van der Waals surface area contributed by atoms with Crippen molar-refractivity contribution in [2.75, 3.05) is 33.9 Å². The Labute approximate surface area is 155 Å². The van der Waals surface area contributed by atoms with Crippen molar-refractivity contribution in [3.05, 3.63) is 24.3 Å². The second-order valence-corrected chi connectivity index (χ2v) is 8.46. The highest BCUT2D eigenvalue weighted by molar-refractivity contribution is 7.89. The Morgan fingerprint density at radius 2 is 1.88 bits per heavy atom. The molecule has 1 aliphatic carbocycles. The van der Waals surface area contributed by atoms with E-state index in [-0.39, 0.29) is 17.3 Å². The highest BCUT2D eigenvalue weighted by Gasteiger charge is 2.23. The van der Waals surface area contributed by atoms with Crippen molar-refractivity contribution in [2.45, 2.75) is 43.1 Å². The topological polar surface area (TPSA) is 84.9 Å². The predicted octanol–water partition coefficient (Wildman–Crippen LogP) is 1.78. The lowest BCUT2D eigenvalue weighted by molar-refractivity contribution is -0.121. The molecule has 7 nitrogen and oxygen atoms in total. The molecule has 1 amide bonds. The summed E-state index contributed by atoms with van der Waals surface area (Å²) in [6.07, 6.45) is 5.80. The largest absolute Gasteiger partial charge is 0.497 e. The lowest BCUT2D eigenvalue weighted by atomic mass is 10.3. The molecule has 0 aromatic heterocycles. The van der Waals surface area contributed by atoms with Crippen LogP contribution in [0, 0.1) is 0 Å². The van der Waals surface area contributed by atoms with Gasteiger partial charge in [0, 0.05) is 20.2 Å². The maximum Gasteiger partial charge on any atom is 0.243 e. The molecule has 0 radical (unpaired) electrons. The van der Waals surface area contributed by atoms with E-state index < -0.39 is 10.0 Å². The van der Waals surface area contributed by atoms with Crippen molar-refractivity contribution >= 4 is 15.9 Å². The van der Waals surface area contributed by atoms with Crippen LogP contribution in [0.4, 0.5) is 0 Å². The molecule has 0 heterocycles. The van der Waals surface area contributed by atoms with Crippen LogP contribution in [0.15, 0.2) is 29.2 Å². The van der Waals surface area contributed by atoms with Crippen molar-refractivity contribution < 1.29 is 22.7 Å². The number of sulfonamides is 1. The molecule has 1 aromatic carbocycles. The summed E-state index contributed by atoms with van der Waals surface area (Å²) in [7, 11) is -0.809. The van der Waals surface area contributed by atoms with Gasteiger partial charge in [-0.05, 0) is 43.5 Å². The van der Waals surface area contributed by atoms with Crippen molar-refractivity contribution in [2.24, 2.45) is 0 Å². The van der Waals surface area contributed by atoms with Crippen LogP contribution in [0.25, 0.3) is 0 Å². The molecule has 0 saturated heterocycles. The van der Waals surface area contributed by atoms with Gasteiger partial charge in [0.1, 0.15) is 5.75 Å². The number of likely N-dealkylation sites (N-methyl/N-ethyl adjacent to an activating group) is 1. The molecule has 0 atom stereocenters. The van der Waals surface area contributed by atoms with Gasteiger partial charge in [0.25, 0.3) is 0 Å². The summed E-state index contributed by atoms with van der Waals surface area (Å²) in [5, 5.41) is 2.74. The van der Waals surface area contributed by atoms with E-state index in [0.717, 1.165) is 23.6 Å². The minimum Gasteiger partial charge on any atom is -0.497 e. The Kier molecular flexibility index (Phi) is 7.86. The van der Waals surface area contributed by atoms with Gasteiger partial charge in [-0.25, -0.2) is 8.42 Å². The molecule has 0 bridgehead atoms. The molecule has 1 aliphatic rings. The number of nitrogens with zero attached hydrogens (tertiary/aromatic N) is 1. The highest BCUT2D eigenvalue weighted by Crippen LogP contribution is 2.21. The van der Waals surface area contributed by atoms with E-state index in [9.17, 15) is 13.2 Å². The van der Waals surface area contributed by atoms with Crippen molar-refractivity contribution in [3.63, 3.8) is 0 Å². The fourth-order valence-corrected chi connectivity index (χ4v) is 4.00. The standard InChI is InChI=1S/C18H28N2O5S/c1-20(26(22,23)17-10-8-15(24-2)9-11-17)14-18(21)19-12-5-13-25-16-6-3-4-7-16/h8-11,16H,3-7,12-14H2,1-2H3,(H,19,21). The number of benzene rings is 1. The van der Waals surface area contributed by atoms with Gasteiger partial charge in [0.15, 0.2) is 0 Å². The molecule has 1 saturated carbocycles. The molecule has 8 heteroatoms. The summed E-state index contributed by atoms with van der Waals surface area (Å²) >= 11 is 0. The van der Waals surface area contributed by atoms with Gasteiger partial charge in [0.05, 0.1) is 24.7 Å². The quantitative estimate of drug-likeness (QED) is 0.622. The minimum atomic E-state index is -3.71. The Hall–Kier alpha value is -1.64. The number of rotatable bonds is 10. The van der Waals surface area contributed by atoms with E-state index in [1.165, 1.54) is 39.1 Å². The zero-order chi connectivity index (χ0) is 19.0. The number of carbonyl (C=O) groups excluding carboxylic acids is 1. The second kappa shape index (κ2) is 9.89. The molecule has 1 fully saturated rings. The number of carbonyl (C=O) groups is 1. The molecule has 1 N–H and O–H groups in total. The van der Waals surface area contributed by atoms with Crippen LogP contribution >= 0.6 is 0 Å². The van der Waals surface area contributed by atoms with Crippen LogP contribution in [0.3, 0.4) is 0 Å². The normalized spacial score (nSPS) is 15.3. The van der Waals surface area contributed by atoms with Crippen molar-refractivity contribution in [1.29, 1.82) is 0 Å². The third-order valence-corrected chi connectivity index (χ3v) is 6.25. The number of hydrogen-bond donors (Lipinski definition) is 1. The smallest absolute Gasteiger partial charge is 0.243 e. The lowest BCUT2D eigenvalue weighted by Gasteiger charge is -2.17. The molecular weight excluding hydrogens is 356 g/mol. The monoisotopic (exact) mass is 384 g/mol. The van der Waals surface area contributed by atoms with Crippen LogP contribution in [-0.4, -0.2) is 58.6 Å². The van der Waals surface area contributed by atoms with Crippen molar-refractivity contribution in [3.8, 4) is 5.75 Å². The minimum absolute atomic E-state index is 0.124. The fraction of sp³-hybridized carbons (Fsp3) is 0.611. The molecule has 0 aliphatic heterocycles. The summed E-state index contributed by atoms with van der Waals surface area (Å²) < 4.78 is 36.7. The molecule has 146 valence electrons. The van der Waals surface area contributed by atoms with Crippen LogP contribution in [-0.2, 0) is 19.6 Å². The summed E-state index contributed by atoms with van der Waals surface area (Å²) in [6, 6.07) is 6.07. The first-order valence-electron chi connectivity index (χ1n) is 8.92. The molecule has 1 aromatic rings. The zero-order valence-corrected chi connectivity index (χ0v) is 16.3. The fourth-order valence-electron chi connectivity index (χ4n) is 2.88. The third kappa shape index (κ3) is 5.96. The van der Waals surface area contributed by atoms with Gasteiger partial charge >= 0.3 is 0 Å². The first kappa shape index (κ1) is 20.7. The van der Waals surface area contributed by atoms with Crippen LogP contribution in [0.1, 0.15) is 32.1 Å². The van der Waals surface area contributed by atoms with Gasteiger partial charge in [-0.3, -0.25) is 4.79 Å². The predicted molar refractivity (Wildman–Crippen MR) is 98.6 cm³/mol. The number of hydrogen-bond acceptors (Lipinski definition) is 5. The van der Waals surface area contributed by atoms with E-state index >= 15 is 0 Å². The van der Waals surface area contributed by atoms with Gasteiger partial charge in [-0.2, -0.15) is 4.31 Å². The van der Waals surface area contributed by atoms with Gasteiger partial charge in [0.2, 0.25) is 15.9 Å². The van der Waals surface area contributed by atoms with E-state index in [1.807, 2.05) is 0 Å². The first-order valence-corrected chi connectivity index (χ1v) is 10.4. The molecular formula is C18H28N2O5S. The summed E-state index contributed by atoms with van der Waals surface area (Å²) in [5.41, 5.74) is 0. The number of nitrogens with one attached hydrogen (secondary N) is 1. The van der Waals surface area contributed by atoms with Gasteiger partial charge < -0.3 is 14.8 Å². The summed E-state index contributed by atoms with van der Waals surface area (Å²) in [4.78, 5) is 12.1. The Morgan fingerprint density at radius 3 is 2.50 bits per heavy atom. The Balaban J connectivity index is 1.72. The van der Waals surface area contributed by atoms with E-state index in [4.69, 9.17) is 9.47 Å². The van der Waals surface area contributed by atoms with E-state index in [2.05, 4.69) is 5.32 Å². The highest BCUT2D eigenvalue weighted by atomic mass is 32.2. The van der Waals surface area contributed by atoms with E-state index in [0.29, 0.717) is 25.0 Å². The average Bonchev–Trinajstić information content (AvgIpc) is 3.14. The molecule has 0 unspecified atom stereocenters. The van der Waals surface area contributed by atoms with Crippen LogP contribution in [0.2, 0.25) is 0 Å². The first-order chi connectivity index (χ1) is 12.4. The van der Waals surface area contributed by atoms with Crippen LogP contribution < -0.4 is 10.1 Å². The van der Waals surface area contributed by atoms with E-state index in [1.54, 1.807) is 12.1 Å². The van der Waals surface area contributed by atoms with Crippen LogP contribution in [0.5, 0.6) is 5.75 Å². The summed E-state index contributed by atoms with van der Waals surface area (Å²) in [6.45, 7) is 0.866. The number of ether oxygens (including phenoxy) is 2. The zero-order valence-electron chi connectivity index (χ0n) is 15.4. The maximum absolute atomic E-state index is 12.5. The summed E-state index contributed by atoms with van der Waals surface area (Å²) in [5.74, 6) is 0.245. The molecule has 26 heavy (non-hydrogen) atoms.